The smallest absolute Gasteiger partial charge is 0.0176 e. The van der Waals surface area contributed by atoms with Crippen molar-refractivity contribution < 1.29 is 0 Å². The highest BCUT2D eigenvalue weighted by Gasteiger charge is 2.46. The third-order valence-electron chi connectivity index (χ3n) is 2.39. The SMILES string of the molecule is Ic1cccc2c1C1C[C@H]1S2. The van der Waals surface area contributed by atoms with Crippen LogP contribution in [-0.2, 0) is 0 Å². The molecule has 1 unspecified atom stereocenters. The Morgan fingerprint density at radius 1 is 1.45 bits per heavy atom. The monoisotopic (exact) mass is 274 g/mol. The quantitative estimate of drug-likeness (QED) is 0.654. The molecule has 1 aliphatic carbocycles. The molecule has 1 aliphatic heterocycles. The van der Waals surface area contributed by atoms with Crippen LogP contribution < -0.4 is 0 Å². The Hall–Kier alpha value is 0.300. The Morgan fingerprint density at radius 3 is 3.18 bits per heavy atom. The second-order valence-corrected chi connectivity index (χ2v) is 5.59. The van der Waals surface area contributed by atoms with E-state index in [1.54, 1.807) is 5.56 Å². The first-order valence-electron chi connectivity index (χ1n) is 3.81. The van der Waals surface area contributed by atoms with Gasteiger partial charge in [0.1, 0.15) is 0 Å². The number of rotatable bonds is 0. The lowest BCUT2D eigenvalue weighted by Crippen LogP contribution is -1.84. The third-order valence-corrected chi connectivity index (χ3v) is 4.77. The minimum absolute atomic E-state index is 0.920. The summed E-state index contributed by atoms with van der Waals surface area (Å²) in [4.78, 5) is 1.54. The maximum Gasteiger partial charge on any atom is 0.0176 e. The highest BCUT2D eigenvalue weighted by atomic mass is 127. The van der Waals surface area contributed by atoms with Gasteiger partial charge in [0.05, 0.1) is 0 Å². The van der Waals surface area contributed by atoms with Crippen LogP contribution in [0, 0.1) is 3.57 Å². The average molecular weight is 274 g/mol. The molecule has 0 nitrogen and oxygen atoms in total. The second-order valence-electron chi connectivity index (χ2n) is 3.15. The minimum Gasteiger partial charge on any atom is -0.122 e. The molecule has 1 aromatic carbocycles. The fourth-order valence-electron chi connectivity index (χ4n) is 1.75. The first-order valence-corrected chi connectivity index (χ1v) is 5.77. The zero-order valence-electron chi connectivity index (χ0n) is 5.88. The number of halogens is 1. The van der Waals surface area contributed by atoms with E-state index in [0.29, 0.717) is 0 Å². The number of fused-ring (bicyclic) bond motifs is 3. The van der Waals surface area contributed by atoms with Gasteiger partial charge in [-0.1, -0.05) is 6.07 Å². The van der Waals surface area contributed by atoms with E-state index in [1.807, 2.05) is 0 Å². The summed E-state index contributed by atoms with van der Waals surface area (Å²) in [6.45, 7) is 0. The summed E-state index contributed by atoms with van der Waals surface area (Å²) in [6, 6.07) is 6.65. The summed E-state index contributed by atoms with van der Waals surface area (Å²) < 4.78 is 1.47. The zero-order chi connectivity index (χ0) is 7.42. The molecule has 2 atom stereocenters. The van der Waals surface area contributed by atoms with Crippen molar-refractivity contribution in [3.8, 4) is 0 Å². The standard InChI is InChI=1S/C9H7IS/c10-6-2-1-3-7-9(6)5-4-8(5)11-7/h1-3,5,8H,4H2/t5?,8-/m1/s1. The molecule has 0 radical (unpaired) electrons. The van der Waals surface area contributed by atoms with Gasteiger partial charge in [-0.15, -0.1) is 11.8 Å². The topological polar surface area (TPSA) is 0 Å². The van der Waals surface area contributed by atoms with Gasteiger partial charge in [-0.25, -0.2) is 0 Å². The summed E-state index contributed by atoms with van der Waals surface area (Å²) in [5.41, 5.74) is 1.64. The maximum atomic E-state index is 2.45. The number of hydrogen-bond donors (Lipinski definition) is 0. The van der Waals surface area contributed by atoms with E-state index in [0.717, 1.165) is 11.2 Å². The van der Waals surface area contributed by atoms with Crippen molar-refractivity contribution in [2.24, 2.45) is 0 Å². The van der Waals surface area contributed by atoms with Crippen LogP contribution in [0.15, 0.2) is 23.1 Å². The van der Waals surface area contributed by atoms with Crippen molar-refractivity contribution in [1.29, 1.82) is 0 Å². The van der Waals surface area contributed by atoms with E-state index < -0.39 is 0 Å². The molecule has 0 aromatic heterocycles. The van der Waals surface area contributed by atoms with E-state index in [2.05, 4.69) is 52.6 Å². The Morgan fingerprint density at radius 2 is 2.36 bits per heavy atom. The van der Waals surface area contributed by atoms with E-state index in [4.69, 9.17) is 0 Å². The Bertz CT molecular complexity index is 321. The summed E-state index contributed by atoms with van der Waals surface area (Å²) in [6.07, 6.45) is 1.43. The molecule has 1 aromatic rings. The van der Waals surface area contributed by atoms with Crippen LogP contribution in [-0.4, -0.2) is 5.25 Å². The summed E-state index contributed by atoms with van der Waals surface area (Å²) in [5, 5.41) is 0.945. The fourth-order valence-corrected chi connectivity index (χ4v) is 4.31. The van der Waals surface area contributed by atoms with Crippen molar-refractivity contribution >= 4 is 34.4 Å². The molecule has 0 saturated heterocycles. The number of thioether (sulfide) groups is 1. The van der Waals surface area contributed by atoms with Gasteiger partial charge in [-0.2, -0.15) is 0 Å². The minimum atomic E-state index is 0.920. The average Bonchev–Trinajstić information content (AvgIpc) is 2.62. The molecule has 2 heteroatoms. The van der Waals surface area contributed by atoms with Gasteiger partial charge in [0.15, 0.2) is 0 Å². The molecule has 1 heterocycles. The zero-order valence-corrected chi connectivity index (χ0v) is 8.85. The van der Waals surface area contributed by atoms with Crippen LogP contribution in [0.1, 0.15) is 17.9 Å². The first kappa shape index (κ1) is 6.78. The Labute approximate surface area is 83.9 Å². The van der Waals surface area contributed by atoms with Gasteiger partial charge in [0.2, 0.25) is 0 Å². The molecule has 0 spiro atoms. The summed E-state index contributed by atoms with van der Waals surface area (Å²) >= 11 is 4.53. The fraction of sp³-hybridized carbons (Fsp3) is 0.333. The van der Waals surface area contributed by atoms with Gasteiger partial charge in [-0.05, 0) is 52.6 Å². The second kappa shape index (κ2) is 2.16. The first-order chi connectivity index (χ1) is 5.36. The van der Waals surface area contributed by atoms with Gasteiger partial charge in [0.25, 0.3) is 0 Å². The maximum absolute atomic E-state index is 2.45. The number of benzene rings is 1. The predicted molar refractivity (Wildman–Crippen MR) is 56.2 cm³/mol. The van der Waals surface area contributed by atoms with Crippen LogP contribution in [0.3, 0.4) is 0 Å². The lowest BCUT2D eigenvalue weighted by molar-refractivity contribution is 1.08. The van der Waals surface area contributed by atoms with Gasteiger partial charge in [-0.3, -0.25) is 0 Å². The van der Waals surface area contributed by atoms with Crippen LogP contribution in [0.25, 0.3) is 0 Å². The molecule has 0 N–H and O–H groups in total. The van der Waals surface area contributed by atoms with Gasteiger partial charge < -0.3 is 0 Å². The van der Waals surface area contributed by atoms with Crippen molar-refractivity contribution in [3.63, 3.8) is 0 Å². The molecule has 2 aliphatic rings. The Kier molecular flexibility index (Phi) is 1.33. The normalized spacial score (nSPS) is 31.4. The van der Waals surface area contributed by atoms with E-state index in [1.165, 1.54) is 14.9 Å². The Balaban J connectivity index is 2.25. The molecular formula is C9H7IS. The van der Waals surface area contributed by atoms with Crippen LogP contribution in [0.2, 0.25) is 0 Å². The van der Waals surface area contributed by atoms with Crippen LogP contribution >= 0.6 is 34.4 Å². The molecule has 1 fully saturated rings. The van der Waals surface area contributed by atoms with E-state index >= 15 is 0 Å². The highest BCUT2D eigenvalue weighted by Crippen LogP contribution is 2.61. The molecule has 56 valence electrons. The van der Waals surface area contributed by atoms with Crippen molar-refractivity contribution in [1.82, 2.24) is 0 Å². The lowest BCUT2D eigenvalue weighted by Gasteiger charge is -2.02. The largest absolute Gasteiger partial charge is 0.122 e. The predicted octanol–water partition coefficient (Wildman–Crippen LogP) is 3.25. The molecule has 0 amide bonds. The summed E-state index contributed by atoms with van der Waals surface area (Å²) in [5.74, 6) is 0.920. The number of hydrogen-bond acceptors (Lipinski definition) is 1. The molecule has 0 bridgehead atoms. The molecule has 11 heavy (non-hydrogen) atoms. The van der Waals surface area contributed by atoms with Gasteiger partial charge in [0, 0.05) is 13.7 Å². The molecule has 3 rings (SSSR count). The highest BCUT2D eigenvalue weighted by molar-refractivity contribution is 14.1. The van der Waals surface area contributed by atoms with Crippen molar-refractivity contribution in [2.45, 2.75) is 22.5 Å². The lowest BCUT2D eigenvalue weighted by atomic mass is 10.1. The third kappa shape index (κ3) is 0.886. The van der Waals surface area contributed by atoms with Crippen molar-refractivity contribution in [2.75, 3.05) is 0 Å². The summed E-state index contributed by atoms with van der Waals surface area (Å²) in [7, 11) is 0. The molecular weight excluding hydrogens is 267 g/mol. The van der Waals surface area contributed by atoms with E-state index in [-0.39, 0.29) is 0 Å². The van der Waals surface area contributed by atoms with Crippen LogP contribution in [0.5, 0.6) is 0 Å². The van der Waals surface area contributed by atoms with Crippen molar-refractivity contribution in [3.05, 3.63) is 27.3 Å². The van der Waals surface area contributed by atoms with Gasteiger partial charge >= 0.3 is 0 Å². The van der Waals surface area contributed by atoms with Crippen LogP contribution in [0.4, 0.5) is 0 Å². The van der Waals surface area contributed by atoms with E-state index in [9.17, 15) is 0 Å². The molecule has 1 saturated carbocycles.